The van der Waals surface area contributed by atoms with Gasteiger partial charge in [-0.1, -0.05) is 13.8 Å². The van der Waals surface area contributed by atoms with Crippen LogP contribution in [-0.4, -0.2) is 12.5 Å². The van der Waals surface area contributed by atoms with Crippen molar-refractivity contribution < 1.29 is 4.79 Å². The Bertz CT molecular complexity index is 213. The molecule has 1 amide bonds. The Morgan fingerprint density at radius 1 is 1.54 bits per heavy atom. The van der Waals surface area contributed by atoms with Crippen LogP contribution in [0.2, 0.25) is 0 Å². The van der Waals surface area contributed by atoms with Crippen molar-refractivity contribution >= 4 is 5.91 Å². The van der Waals surface area contributed by atoms with Crippen molar-refractivity contribution in [3.63, 3.8) is 0 Å². The molecule has 0 bridgehead atoms. The van der Waals surface area contributed by atoms with E-state index in [1.807, 2.05) is 6.07 Å². The van der Waals surface area contributed by atoms with Crippen molar-refractivity contribution in [3.05, 3.63) is 0 Å². The third-order valence-electron chi connectivity index (χ3n) is 1.85. The summed E-state index contributed by atoms with van der Waals surface area (Å²) < 4.78 is 0. The lowest BCUT2D eigenvalue weighted by atomic mass is 9.94. The van der Waals surface area contributed by atoms with Gasteiger partial charge in [-0.15, -0.1) is 0 Å². The monoisotopic (exact) mass is 182 g/mol. The maximum absolute atomic E-state index is 11.3. The highest BCUT2D eigenvalue weighted by Crippen LogP contribution is 2.12. The summed E-state index contributed by atoms with van der Waals surface area (Å²) >= 11 is 0. The number of nitriles is 1. The zero-order chi connectivity index (χ0) is 10.5. The van der Waals surface area contributed by atoms with Gasteiger partial charge >= 0.3 is 0 Å². The van der Waals surface area contributed by atoms with Crippen LogP contribution < -0.4 is 5.32 Å². The average molecular weight is 182 g/mol. The average Bonchev–Trinajstić information content (AvgIpc) is 2.03. The standard InChI is InChI=1S/C10H18N2O/c1-8(2)5-6-12-9(13)10(3,4)7-11/h8H,5-6H2,1-4H3,(H,12,13). The lowest BCUT2D eigenvalue weighted by molar-refractivity contribution is -0.126. The fourth-order valence-electron chi connectivity index (χ4n) is 0.746. The Morgan fingerprint density at radius 2 is 2.08 bits per heavy atom. The van der Waals surface area contributed by atoms with E-state index in [2.05, 4.69) is 19.2 Å². The first kappa shape index (κ1) is 12.0. The van der Waals surface area contributed by atoms with Gasteiger partial charge in [-0.3, -0.25) is 4.79 Å². The van der Waals surface area contributed by atoms with Crippen molar-refractivity contribution in [2.45, 2.75) is 34.1 Å². The fraction of sp³-hybridized carbons (Fsp3) is 0.800. The van der Waals surface area contributed by atoms with Crippen LogP contribution in [0.25, 0.3) is 0 Å². The summed E-state index contributed by atoms with van der Waals surface area (Å²) in [6.07, 6.45) is 0.952. The Balaban J connectivity index is 3.84. The van der Waals surface area contributed by atoms with Crippen molar-refractivity contribution in [2.75, 3.05) is 6.54 Å². The number of carbonyl (C=O) groups is 1. The molecular formula is C10H18N2O. The van der Waals surface area contributed by atoms with E-state index >= 15 is 0 Å². The molecule has 0 aromatic carbocycles. The van der Waals surface area contributed by atoms with Crippen LogP contribution in [-0.2, 0) is 4.79 Å². The molecule has 0 atom stereocenters. The van der Waals surface area contributed by atoms with E-state index in [1.54, 1.807) is 13.8 Å². The van der Waals surface area contributed by atoms with E-state index in [1.165, 1.54) is 0 Å². The first-order valence-corrected chi connectivity index (χ1v) is 4.59. The van der Waals surface area contributed by atoms with E-state index in [0.717, 1.165) is 6.42 Å². The SMILES string of the molecule is CC(C)CCNC(=O)C(C)(C)C#N. The minimum Gasteiger partial charge on any atom is -0.355 e. The molecule has 0 saturated heterocycles. The molecule has 0 saturated carbocycles. The zero-order valence-corrected chi connectivity index (χ0v) is 8.85. The second kappa shape index (κ2) is 4.86. The van der Waals surface area contributed by atoms with Crippen molar-refractivity contribution in [3.8, 4) is 6.07 Å². The first-order valence-electron chi connectivity index (χ1n) is 4.59. The molecule has 0 fully saturated rings. The molecule has 1 N–H and O–H groups in total. The summed E-state index contributed by atoms with van der Waals surface area (Å²) in [6, 6.07) is 1.97. The quantitative estimate of drug-likeness (QED) is 0.719. The van der Waals surface area contributed by atoms with E-state index in [-0.39, 0.29) is 5.91 Å². The highest BCUT2D eigenvalue weighted by Gasteiger charge is 2.26. The van der Waals surface area contributed by atoms with E-state index < -0.39 is 5.41 Å². The number of carbonyl (C=O) groups excluding carboxylic acids is 1. The summed E-state index contributed by atoms with van der Waals surface area (Å²) in [5.41, 5.74) is -0.906. The summed E-state index contributed by atoms with van der Waals surface area (Å²) in [7, 11) is 0. The Kier molecular flexibility index (Phi) is 4.47. The minimum atomic E-state index is -0.906. The van der Waals surface area contributed by atoms with Crippen LogP contribution in [0.1, 0.15) is 34.1 Å². The zero-order valence-electron chi connectivity index (χ0n) is 8.85. The van der Waals surface area contributed by atoms with Gasteiger partial charge in [0.1, 0.15) is 5.41 Å². The predicted octanol–water partition coefficient (Wildman–Crippen LogP) is 1.70. The molecule has 0 aromatic rings. The van der Waals surface area contributed by atoms with Crippen molar-refractivity contribution in [1.29, 1.82) is 5.26 Å². The highest BCUT2D eigenvalue weighted by atomic mass is 16.2. The minimum absolute atomic E-state index is 0.185. The molecule has 0 aliphatic carbocycles. The van der Waals surface area contributed by atoms with Gasteiger partial charge in [0.25, 0.3) is 0 Å². The number of nitrogens with one attached hydrogen (secondary N) is 1. The fourth-order valence-corrected chi connectivity index (χ4v) is 0.746. The molecule has 74 valence electrons. The molecule has 0 unspecified atom stereocenters. The number of hydrogen-bond acceptors (Lipinski definition) is 2. The van der Waals surface area contributed by atoms with E-state index in [4.69, 9.17) is 5.26 Å². The van der Waals surface area contributed by atoms with Gasteiger partial charge < -0.3 is 5.32 Å². The molecule has 0 heterocycles. The van der Waals surface area contributed by atoms with Crippen LogP contribution in [0.4, 0.5) is 0 Å². The normalized spacial score (nSPS) is 11.1. The summed E-state index contributed by atoms with van der Waals surface area (Å²) in [5.74, 6) is 0.390. The van der Waals surface area contributed by atoms with Crippen LogP contribution >= 0.6 is 0 Å². The van der Waals surface area contributed by atoms with Gasteiger partial charge in [0.15, 0.2) is 0 Å². The summed E-state index contributed by atoms with van der Waals surface area (Å²) in [6.45, 7) is 8.10. The van der Waals surface area contributed by atoms with Gasteiger partial charge in [0.2, 0.25) is 5.91 Å². The molecule has 0 aliphatic heterocycles. The predicted molar refractivity (Wildman–Crippen MR) is 51.9 cm³/mol. The molecule has 0 aliphatic rings. The van der Waals surface area contributed by atoms with Gasteiger partial charge in [0.05, 0.1) is 6.07 Å². The topological polar surface area (TPSA) is 52.9 Å². The highest BCUT2D eigenvalue weighted by molar-refractivity contribution is 5.84. The molecule has 0 rings (SSSR count). The summed E-state index contributed by atoms with van der Waals surface area (Å²) in [4.78, 5) is 11.3. The lowest BCUT2D eigenvalue weighted by Crippen LogP contribution is -2.36. The van der Waals surface area contributed by atoms with Crippen LogP contribution in [0, 0.1) is 22.7 Å². The Labute approximate surface area is 80.1 Å². The van der Waals surface area contributed by atoms with E-state index in [0.29, 0.717) is 12.5 Å². The number of rotatable bonds is 4. The molecule has 0 spiro atoms. The Hall–Kier alpha value is -1.04. The van der Waals surface area contributed by atoms with Crippen molar-refractivity contribution in [2.24, 2.45) is 11.3 Å². The van der Waals surface area contributed by atoms with Crippen LogP contribution in [0.5, 0.6) is 0 Å². The number of nitrogens with zero attached hydrogens (tertiary/aromatic N) is 1. The maximum atomic E-state index is 11.3. The van der Waals surface area contributed by atoms with E-state index in [9.17, 15) is 4.79 Å². The second-order valence-electron chi connectivity index (χ2n) is 4.18. The second-order valence-corrected chi connectivity index (χ2v) is 4.18. The summed E-state index contributed by atoms with van der Waals surface area (Å²) in [5, 5.41) is 11.4. The smallest absolute Gasteiger partial charge is 0.239 e. The maximum Gasteiger partial charge on any atom is 0.239 e. The first-order chi connectivity index (χ1) is 5.90. The molecule has 3 nitrogen and oxygen atoms in total. The number of amides is 1. The molecule has 3 heteroatoms. The third kappa shape index (κ3) is 4.51. The molecule has 0 radical (unpaired) electrons. The van der Waals surface area contributed by atoms with Gasteiger partial charge in [-0.2, -0.15) is 5.26 Å². The molecule has 13 heavy (non-hydrogen) atoms. The largest absolute Gasteiger partial charge is 0.355 e. The molecule has 0 aromatic heterocycles. The Morgan fingerprint density at radius 3 is 2.46 bits per heavy atom. The van der Waals surface area contributed by atoms with Crippen LogP contribution in [0.3, 0.4) is 0 Å². The van der Waals surface area contributed by atoms with Gasteiger partial charge in [-0.05, 0) is 26.2 Å². The van der Waals surface area contributed by atoms with Gasteiger partial charge in [0, 0.05) is 6.54 Å². The van der Waals surface area contributed by atoms with Crippen molar-refractivity contribution in [1.82, 2.24) is 5.32 Å². The lowest BCUT2D eigenvalue weighted by Gasteiger charge is -2.15. The molecular weight excluding hydrogens is 164 g/mol. The third-order valence-corrected chi connectivity index (χ3v) is 1.85. The number of hydrogen-bond donors (Lipinski definition) is 1. The van der Waals surface area contributed by atoms with Gasteiger partial charge in [-0.25, -0.2) is 0 Å². The van der Waals surface area contributed by atoms with Crippen LogP contribution in [0.15, 0.2) is 0 Å².